The predicted octanol–water partition coefficient (Wildman–Crippen LogP) is 3.85. The van der Waals surface area contributed by atoms with Crippen LogP contribution in [0, 0.1) is 5.82 Å². The predicted molar refractivity (Wildman–Crippen MR) is 73.2 cm³/mol. The summed E-state index contributed by atoms with van der Waals surface area (Å²) >= 11 is 7.78. The van der Waals surface area contributed by atoms with Crippen molar-refractivity contribution < 1.29 is 4.39 Å². The van der Waals surface area contributed by atoms with Crippen molar-refractivity contribution in [3.05, 3.63) is 34.6 Å². The van der Waals surface area contributed by atoms with Crippen LogP contribution in [0.2, 0.25) is 5.02 Å². The molecule has 2 rings (SSSR count). The van der Waals surface area contributed by atoms with E-state index in [1.807, 2.05) is 11.8 Å². The van der Waals surface area contributed by atoms with Crippen LogP contribution >= 0.6 is 23.4 Å². The molecule has 0 spiro atoms. The van der Waals surface area contributed by atoms with Gasteiger partial charge in [0.15, 0.2) is 0 Å². The van der Waals surface area contributed by atoms with E-state index in [-0.39, 0.29) is 10.8 Å². The van der Waals surface area contributed by atoms with E-state index in [2.05, 4.69) is 12.2 Å². The van der Waals surface area contributed by atoms with Crippen molar-refractivity contribution in [1.29, 1.82) is 0 Å². The van der Waals surface area contributed by atoms with Crippen LogP contribution in [-0.2, 0) is 6.54 Å². The highest BCUT2D eigenvalue weighted by Gasteiger charge is 2.20. The molecule has 0 aliphatic carbocycles. The molecule has 2 atom stereocenters. The number of benzene rings is 1. The summed E-state index contributed by atoms with van der Waals surface area (Å²) in [6.07, 6.45) is 2.50. The highest BCUT2D eigenvalue weighted by Crippen LogP contribution is 2.25. The Kier molecular flexibility index (Phi) is 4.71. The highest BCUT2D eigenvalue weighted by molar-refractivity contribution is 7.99. The van der Waals surface area contributed by atoms with E-state index in [9.17, 15) is 4.39 Å². The van der Waals surface area contributed by atoms with E-state index in [0.29, 0.717) is 11.3 Å². The third kappa shape index (κ3) is 3.60. The molecule has 1 N–H and O–H groups in total. The van der Waals surface area contributed by atoms with Crippen molar-refractivity contribution in [1.82, 2.24) is 5.32 Å². The molecule has 1 aromatic rings. The summed E-state index contributed by atoms with van der Waals surface area (Å²) in [6, 6.07) is 5.47. The van der Waals surface area contributed by atoms with Crippen LogP contribution in [0.1, 0.15) is 25.3 Å². The van der Waals surface area contributed by atoms with Gasteiger partial charge in [-0.2, -0.15) is 11.8 Å². The third-order valence-corrected chi connectivity index (χ3v) is 4.83. The summed E-state index contributed by atoms with van der Waals surface area (Å²) in [4.78, 5) is 0. The van der Waals surface area contributed by atoms with Crippen LogP contribution in [0.4, 0.5) is 4.39 Å². The number of hydrogen-bond donors (Lipinski definition) is 1. The largest absolute Gasteiger partial charge is 0.309 e. The maximum Gasteiger partial charge on any atom is 0.141 e. The van der Waals surface area contributed by atoms with Gasteiger partial charge in [0.2, 0.25) is 0 Å². The van der Waals surface area contributed by atoms with Crippen molar-refractivity contribution in [3.8, 4) is 0 Å². The van der Waals surface area contributed by atoms with Crippen LogP contribution in [0.25, 0.3) is 0 Å². The Hall–Kier alpha value is -0.250. The second-order valence-corrected chi connectivity index (χ2v) is 6.35. The maximum absolute atomic E-state index is 13.0. The minimum absolute atomic E-state index is 0.204. The molecule has 2 unspecified atom stereocenters. The van der Waals surface area contributed by atoms with Gasteiger partial charge < -0.3 is 5.32 Å². The molecule has 0 bridgehead atoms. The molecule has 1 aliphatic heterocycles. The van der Waals surface area contributed by atoms with Gasteiger partial charge in [0, 0.05) is 17.8 Å². The van der Waals surface area contributed by atoms with E-state index in [1.165, 1.54) is 24.7 Å². The Balaban J connectivity index is 1.90. The first-order valence-corrected chi connectivity index (χ1v) is 7.38. The Morgan fingerprint density at radius 3 is 3.06 bits per heavy atom. The average Bonchev–Trinajstić information content (AvgIpc) is 2.32. The zero-order valence-electron chi connectivity index (χ0n) is 9.88. The zero-order chi connectivity index (χ0) is 12.3. The Morgan fingerprint density at radius 2 is 2.35 bits per heavy atom. The first kappa shape index (κ1) is 13.2. The topological polar surface area (TPSA) is 12.0 Å². The minimum atomic E-state index is -0.350. The van der Waals surface area contributed by atoms with Gasteiger partial charge in [0.1, 0.15) is 5.82 Å². The summed E-state index contributed by atoms with van der Waals surface area (Å²) in [5, 5.41) is 4.39. The number of halogens is 2. The van der Waals surface area contributed by atoms with Crippen molar-refractivity contribution >= 4 is 23.4 Å². The quantitative estimate of drug-likeness (QED) is 0.898. The monoisotopic (exact) mass is 273 g/mol. The van der Waals surface area contributed by atoms with Crippen molar-refractivity contribution in [3.63, 3.8) is 0 Å². The molecule has 1 nitrogen and oxygen atoms in total. The maximum atomic E-state index is 13.0. The van der Waals surface area contributed by atoms with E-state index >= 15 is 0 Å². The molecule has 1 saturated heterocycles. The van der Waals surface area contributed by atoms with Gasteiger partial charge in [0.25, 0.3) is 0 Å². The normalized spacial score (nSPS) is 24.9. The molecule has 1 aliphatic rings. The lowest BCUT2D eigenvalue weighted by Gasteiger charge is -2.29. The Bertz CT molecular complexity index is 386. The summed E-state index contributed by atoms with van der Waals surface area (Å²) in [5.41, 5.74) is 1.04. The second-order valence-electron chi connectivity index (χ2n) is 4.45. The van der Waals surface area contributed by atoms with Crippen molar-refractivity contribution in [2.24, 2.45) is 0 Å². The molecule has 1 fully saturated rings. The Morgan fingerprint density at radius 1 is 1.53 bits per heavy atom. The average molecular weight is 274 g/mol. The lowest BCUT2D eigenvalue weighted by Crippen LogP contribution is -2.38. The molecule has 1 aromatic carbocycles. The van der Waals surface area contributed by atoms with Gasteiger partial charge in [-0.05, 0) is 36.3 Å². The van der Waals surface area contributed by atoms with Gasteiger partial charge in [-0.15, -0.1) is 0 Å². The molecular weight excluding hydrogens is 257 g/mol. The first-order valence-electron chi connectivity index (χ1n) is 5.96. The fourth-order valence-corrected chi connectivity index (χ4v) is 3.46. The number of thioether (sulfide) groups is 1. The minimum Gasteiger partial charge on any atom is -0.309 e. The van der Waals surface area contributed by atoms with E-state index in [0.717, 1.165) is 12.1 Å². The van der Waals surface area contributed by atoms with Gasteiger partial charge in [-0.1, -0.05) is 24.6 Å². The van der Waals surface area contributed by atoms with Gasteiger partial charge >= 0.3 is 0 Å². The standard InChI is InChI=1S/C13H17ClFNS/c1-9-13(3-2-6-17-9)16-8-10-4-5-12(15)11(14)7-10/h4-5,7,9,13,16H,2-3,6,8H2,1H3. The zero-order valence-corrected chi connectivity index (χ0v) is 11.5. The van der Waals surface area contributed by atoms with Gasteiger partial charge in [-0.25, -0.2) is 4.39 Å². The fraction of sp³-hybridized carbons (Fsp3) is 0.538. The summed E-state index contributed by atoms with van der Waals surface area (Å²) < 4.78 is 13.0. The molecule has 94 valence electrons. The smallest absolute Gasteiger partial charge is 0.141 e. The number of hydrogen-bond acceptors (Lipinski definition) is 2. The molecule has 0 saturated carbocycles. The molecule has 17 heavy (non-hydrogen) atoms. The molecule has 0 aromatic heterocycles. The van der Waals surface area contributed by atoms with Crippen molar-refractivity contribution in [2.75, 3.05) is 5.75 Å². The van der Waals surface area contributed by atoms with Crippen molar-refractivity contribution in [2.45, 2.75) is 37.6 Å². The number of rotatable bonds is 3. The van der Waals surface area contributed by atoms with E-state index < -0.39 is 0 Å². The second kappa shape index (κ2) is 6.07. The van der Waals surface area contributed by atoms with Gasteiger partial charge in [-0.3, -0.25) is 0 Å². The van der Waals surface area contributed by atoms with Crippen LogP contribution in [0.15, 0.2) is 18.2 Å². The summed E-state index contributed by atoms with van der Waals surface area (Å²) in [7, 11) is 0. The SMILES string of the molecule is CC1SCCCC1NCc1ccc(F)c(Cl)c1. The summed E-state index contributed by atoms with van der Waals surface area (Å²) in [5.74, 6) is 0.916. The molecule has 0 amide bonds. The van der Waals surface area contributed by atoms with Crippen LogP contribution in [-0.4, -0.2) is 17.0 Å². The molecule has 4 heteroatoms. The lowest BCUT2D eigenvalue weighted by molar-refractivity contribution is 0.462. The molecule has 0 radical (unpaired) electrons. The molecular formula is C13H17ClFNS. The lowest BCUT2D eigenvalue weighted by atomic mass is 10.1. The first-order chi connectivity index (χ1) is 8.16. The highest BCUT2D eigenvalue weighted by atomic mass is 35.5. The fourth-order valence-electron chi connectivity index (χ4n) is 2.09. The van der Waals surface area contributed by atoms with Crippen LogP contribution in [0.5, 0.6) is 0 Å². The van der Waals surface area contributed by atoms with E-state index in [4.69, 9.17) is 11.6 Å². The molecule has 1 heterocycles. The summed E-state index contributed by atoms with van der Waals surface area (Å²) in [6.45, 7) is 3.02. The van der Waals surface area contributed by atoms with Crippen LogP contribution < -0.4 is 5.32 Å². The Labute approximate surface area is 111 Å². The van der Waals surface area contributed by atoms with Crippen LogP contribution in [0.3, 0.4) is 0 Å². The third-order valence-electron chi connectivity index (χ3n) is 3.16. The van der Waals surface area contributed by atoms with E-state index in [1.54, 1.807) is 12.1 Å². The van der Waals surface area contributed by atoms with Gasteiger partial charge in [0.05, 0.1) is 5.02 Å². The number of nitrogens with one attached hydrogen (secondary N) is 1.